The van der Waals surface area contributed by atoms with Crippen LogP contribution < -0.4 is 5.32 Å². The fourth-order valence-corrected chi connectivity index (χ4v) is 3.76. The molecule has 1 aromatic carbocycles. The van der Waals surface area contributed by atoms with Crippen molar-refractivity contribution in [1.82, 2.24) is 5.32 Å². The zero-order valence-corrected chi connectivity index (χ0v) is 12.8. The fraction of sp³-hybridized carbons (Fsp3) is 0.533. The van der Waals surface area contributed by atoms with Crippen LogP contribution in [-0.4, -0.2) is 31.9 Å². The Bertz CT molecular complexity index is 594. The van der Waals surface area contributed by atoms with Crippen LogP contribution >= 0.6 is 0 Å². The first-order valence-electron chi connectivity index (χ1n) is 7.12. The van der Waals surface area contributed by atoms with E-state index < -0.39 is 9.84 Å². The van der Waals surface area contributed by atoms with Gasteiger partial charge in [-0.25, -0.2) is 12.8 Å². The van der Waals surface area contributed by atoms with Crippen molar-refractivity contribution in [3.63, 3.8) is 0 Å². The van der Waals surface area contributed by atoms with Gasteiger partial charge >= 0.3 is 0 Å². The molecule has 1 fully saturated rings. The van der Waals surface area contributed by atoms with Crippen LogP contribution in [0.4, 0.5) is 4.39 Å². The van der Waals surface area contributed by atoms with Crippen LogP contribution in [0.3, 0.4) is 0 Å². The highest BCUT2D eigenvalue weighted by atomic mass is 32.2. The van der Waals surface area contributed by atoms with Crippen LogP contribution in [0.2, 0.25) is 0 Å². The van der Waals surface area contributed by atoms with Gasteiger partial charge in [-0.1, -0.05) is 19.1 Å². The lowest BCUT2D eigenvalue weighted by Gasteiger charge is -2.12. The molecule has 1 aromatic rings. The number of carbonyl (C=O) groups is 1. The Morgan fingerprint density at radius 2 is 1.95 bits per heavy atom. The first-order valence-corrected chi connectivity index (χ1v) is 8.84. The fourth-order valence-electron chi connectivity index (χ4n) is 2.19. The molecule has 1 saturated carbocycles. The first kappa shape index (κ1) is 15.9. The van der Waals surface area contributed by atoms with Gasteiger partial charge in [0.05, 0.1) is 11.0 Å². The van der Waals surface area contributed by atoms with Crippen molar-refractivity contribution in [1.29, 1.82) is 0 Å². The molecule has 1 unspecified atom stereocenters. The van der Waals surface area contributed by atoms with Gasteiger partial charge in [-0.05, 0) is 36.5 Å². The van der Waals surface area contributed by atoms with Crippen LogP contribution in [0.1, 0.15) is 37.7 Å². The van der Waals surface area contributed by atoms with E-state index in [0.29, 0.717) is 0 Å². The summed E-state index contributed by atoms with van der Waals surface area (Å²) < 4.78 is 36.2. The SMILES string of the molecule is CC(CC(=O)NCCS(=O)(=O)C1CC1)c1ccc(F)cc1. The predicted octanol–water partition coefficient (Wildman–Crippen LogP) is 2.01. The first-order chi connectivity index (χ1) is 9.88. The Labute approximate surface area is 124 Å². The molecule has 4 nitrogen and oxygen atoms in total. The summed E-state index contributed by atoms with van der Waals surface area (Å²) in [5.74, 6) is -0.516. The van der Waals surface area contributed by atoms with Gasteiger partial charge in [-0.15, -0.1) is 0 Å². The molecule has 0 heterocycles. The van der Waals surface area contributed by atoms with Gasteiger partial charge in [0.15, 0.2) is 9.84 Å². The molecule has 116 valence electrons. The van der Waals surface area contributed by atoms with Crippen LogP contribution in [0.5, 0.6) is 0 Å². The van der Waals surface area contributed by atoms with E-state index in [0.717, 1.165) is 18.4 Å². The van der Waals surface area contributed by atoms with Gasteiger partial charge in [0.2, 0.25) is 5.91 Å². The summed E-state index contributed by atoms with van der Waals surface area (Å²) in [6.07, 6.45) is 1.75. The van der Waals surface area contributed by atoms with E-state index in [4.69, 9.17) is 0 Å². The number of hydrogen-bond acceptors (Lipinski definition) is 3. The number of hydrogen-bond donors (Lipinski definition) is 1. The molecule has 0 saturated heterocycles. The second kappa shape index (κ2) is 6.56. The van der Waals surface area contributed by atoms with Crippen molar-refractivity contribution in [2.75, 3.05) is 12.3 Å². The van der Waals surface area contributed by atoms with E-state index in [9.17, 15) is 17.6 Å². The number of amides is 1. The molecule has 0 bridgehead atoms. The number of benzene rings is 1. The molecule has 1 atom stereocenters. The number of sulfone groups is 1. The average molecular weight is 313 g/mol. The van der Waals surface area contributed by atoms with Crippen LogP contribution in [-0.2, 0) is 14.6 Å². The number of carbonyl (C=O) groups excluding carboxylic acids is 1. The maximum absolute atomic E-state index is 12.8. The summed E-state index contributed by atoms with van der Waals surface area (Å²) >= 11 is 0. The number of nitrogens with one attached hydrogen (secondary N) is 1. The maximum atomic E-state index is 12.8. The van der Waals surface area contributed by atoms with E-state index in [1.165, 1.54) is 12.1 Å². The molecule has 1 aliphatic rings. The van der Waals surface area contributed by atoms with Crippen molar-refractivity contribution >= 4 is 15.7 Å². The summed E-state index contributed by atoms with van der Waals surface area (Å²) in [5.41, 5.74) is 0.886. The third-order valence-electron chi connectivity index (χ3n) is 3.67. The quantitative estimate of drug-likeness (QED) is 0.837. The Morgan fingerprint density at radius 3 is 2.52 bits per heavy atom. The largest absolute Gasteiger partial charge is 0.355 e. The third kappa shape index (κ3) is 4.81. The van der Waals surface area contributed by atoms with Crippen LogP contribution in [0, 0.1) is 5.82 Å². The smallest absolute Gasteiger partial charge is 0.220 e. The second-order valence-corrected chi connectivity index (χ2v) is 7.97. The summed E-state index contributed by atoms with van der Waals surface area (Å²) in [6.45, 7) is 2.04. The monoisotopic (exact) mass is 313 g/mol. The highest BCUT2D eigenvalue weighted by Crippen LogP contribution is 2.28. The van der Waals surface area contributed by atoms with E-state index in [2.05, 4.69) is 5.32 Å². The Balaban J connectivity index is 1.75. The standard InChI is InChI=1S/C15H20FNO3S/c1-11(12-2-4-13(16)5-3-12)10-15(18)17-8-9-21(19,20)14-6-7-14/h2-5,11,14H,6-10H2,1H3,(H,17,18). The summed E-state index contributed by atoms with van der Waals surface area (Å²) in [7, 11) is -3.02. The molecule has 1 N–H and O–H groups in total. The van der Waals surface area contributed by atoms with Gasteiger partial charge in [-0.3, -0.25) is 4.79 Å². The highest BCUT2D eigenvalue weighted by molar-refractivity contribution is 7.92. The molecule has 0 aliphatic heterocycles. The normalized spacial score (nSPS) is 16.5. The molecular weight excluding hydrogens is 293 g/mol. The predicted molar refractivity (Wildman–Crippen MR) is 79.3 cm³/mol. The van der Waals surface area contributed by atoms with Crippen molar-refractivity contribution in [3.8, 4) is 0 Å². The maximum Gasteiger partial charge on any atom is 0.220 e. The van der Waals surface area contributed by atoms with E-state index in [-0.39, 0.29) is 41.6 Å². The molecule has 1 aliphatic carbocycles. The van der Waals surface area contributed by atoms with Crippen molar-refractivity contribution in [3.05, 3.63) is 35.6 Å². The zero-order chi connectivity index (χ0) is 15.5. The summed E-state index contributed by atoms with van der Waals surface area (Å²) in [6, 6.07) is 6.05. The minimum Gasteiger partial charge on any atom is -0.355 e. The highest BCUT2D eigenvalue weighted by Gasteiger charge is 2.34. The number of halogens is 1. The molecule has 21 heavy (non-hydrogen) atoms. The number of rotatable bonds is 7. The topological polar surface area (TPSA) is 63.2 Å². The van der Waals surface area contributed by atoms with E-state index >= 15 is 0 Å². The van der Waals surface area contributed by atoms with Crippen LogP contribution in [0.15, 0.2) is 24.3 Å². The average Bonchev–Trinajstić information content (AvgIpc) is 3.23. The second-order valence-electron chi connectivity index (χ2n) is 5.57. The molecule has 0 radical (unpaired) electrons. The molecule has 1 amide bonds. The van der Waals surface area contributed by atoms with Gasteiger partial charge in [-0.2, -0.15) is 0 Å². The molecule has 0 aromatic heterocycles. The molecule has 6 heteroatoms. The lowest BCUT2D eigenvalue weighted by molar-refractivity contribution is -0.121. The lowest BCUT2D eigenvalue weighted by Crippen LogP contribution is -2.30. The van der Waals surface area contributed by atoms with Crippen molar-refractivity contribution in [2.45, 2.75) is 37.4 Å². The van der Waals surface area contributed by atoms with Crippen molar-refractivity contribution in [2.24, 2.45) is 0 Å². The molecule has 2 rings (SSSR count). The Kier molecular flexibility index (Phi) is 4.98. The van der Waals surface area contributed by atoms with Gasteiger partial charge in [0.25, 0.3) is 0 Å². The lowest BCUT2D eigenvalue weighted by atomic mass is 9.97. The Hall–Kier alpha value is -1.43. The molecular formula is C15H20FNO3S. The molecule has 0 spiro atoms. The van der Waals surface area contributed by atoms with Crippen molar-refractivity contribution < 1.29 is 17.6 Å². The van der Waals surface area contributed by atoms with E-state index in [1.54, 1.807) is 12.1 Å². The third-order valence-corrected chi connectivity index (χ3v) is 5.93. The van der Waals surface area contributed by atoms with Gasteiger partial charge in [0, 0.05) is 13.0 Å². The Morgan fingerprint density at radius 1 is 1.33 bits per heavy atom. The summed E-state index contributed by atoms with van der Waals surface area (Å²) in [4.78, 5) is 11.8. The minimum atomic E-state index is -3.02. The van der Waals surface area contributed by atoms with E-state index in [1.807, 2.05) is 6.92 Å². The van der Waals surface area contributed by atoms with Gasteiger partial charge in [0.1, 0.15) is 5.82 Å². The van der Waals surface area contributed by atoms with Crippen LogP contribution in [0.25, 0.3) is 0 Å². The van der Waals surface area contributed by atoms with Gasteiger partial charge < -0.3 is 5.32 Å². The minimum absolute atomic E-state index is 0.00827. The summed E-state index contributed by atoms with van der Waals surface area (Å²) in [5, 5.41) is 2.45. The zero-order valence-electron chi connectivity index (χ0n) is 12.0.